The maximum absolute atomic E-state index is 13.0. The van der Waals surface area contributed by atoms with Crippen LogP contribution in [-0.2, 0) is 0 Å². The van der Waals surface area contributed by atoms with Crippen molar-refractivity contribution in [1.82, 2.24) is 9.36 Å². The smallest absolute Gasteiger partial charge is 0.261 e. The molecule has 3 rings (SSSR count). The monoisotopic (exact) mass is 343 g/mol. The van der Waals surface area contributed by atoms with E-state index in [0.29, 0.717) is 34.4 Å². The number of nitrogens with zero attached hydrogens (tertiary/aromatic N) is 2. The lowest BCUT2D eigenvalue weighted by Crippen LogP contribution is -2.13. The second-order valence-corrected chi connectivity index (χ2v) is 5.57. The zero-order valence-corrected chi connectivity index (χ0v) is 13.6. The third kappa shape index (κ3) is 3.57. The number of para-hydroxylation sites is 1. The number of benzene rings is 2. The van der Waals surface area contributed by atoms with Gasteiger partial charge in [0.1, 0.15) is 11.6 Å². The summed E-state index contributed by atoms with van der Waals surface area (Å²) in [5.41, 5.74) is 1.11. The molecule has 0 saturated heterocycles. The summed E-state index contributed by atoms with van der Waals surface area (Å²) in [5, 5.41) is 3.08. The highest BCUT2D eigenvalue weighted by molar-refractivity contribution is 7.10. The van der Waals surface area contributed by atoms with Gasteiger partial charge in [0.2, 0.25) is 5.13 Å². The van der Waals surface area contributed by atoms with Crippen LogP contribution < -0.4 is 10.1 Å². The summed E-state index contributed by atoms with van der Waals surface area (Å²) in [4.78, 5) is 16.7. The van der Waals surface area contributed by atoms with Gasteiger partial charge < -0.3 is 4.74 Å². The zero-order valence-electron chi connectivity index (χ0n) is 12.8. The number of rotatable bonds is 5. The molecule has 0 saturated carbocycles. The number of hydrogen-bond acceptors (Lipinski definition) is 5. The Hall–Kier alpha value is -2.80. The number of carbonyl (C=O) groups excluding carboxylic acids is 1. The molecule has 0 atom stereocenters. The Labute approximate surface area is 142 Å². The summed E-state index contributed by atoms with van der Waals surface area (Å²) in [7, 11) is 0. The standard InChI is InChI=1S/C17H14FN3O2S/c1-2-23-14-6-4-3-5-13(14)16(22)20-17-19-15(21-24-17)11-7-9-12(18)10-8-11/h3-10H,2H2,1H3,(H,19,20,21,22). The number of amides is 1. The van der Waals surface area contributed by atoms with Gasteiger partial charge in [-0.05, 0) is 43.3 Å². The van der Waals surface area contributed by atoms with Gasteiger partial charge in [-0.1, -0.05) is 12.1 Å². The van der Waals surface area contributed by atoms with Crippen molar-refractivity contribution in [3.05, 3.63) is 59.9 Å². The average molecular weight is 343 g/mol. The quantitative estimate of drug-likeness (QED) is 0.761. The molecule has 0 aliphatic carbocycles. The zero-order chi connectivity index (χ0) is 16.9. The van der Waals surface area contributed by atoms with E-state index >= 15 is 0 Å². The molecule has 0 radical (unpaired) electrons. The Morgan fingerprint density at radius 2 is 1.96 bits per heavy atom. The van der Waals surface area contributed by atoms with Crippen LogP contribution in [0.4, 0.5) is 9.52 Å². The third-order valence-corrected chi connectivity index (χ3v) is 3.81. The highest BCUT2D eigenvalue weighted by Crippen LogP contribution is 2.23. The topological polar surface area (TPSA) is 64.1 Å². The maximum Gasteiger partial charge on any atom is 0.261 e. The summed E-state index contributed by atoms with van der Waals surface area (Å²) in [5.74, 6) is 0.310. The van der Waals surface area contributed by atoms with Gasteiger partial charge in [-0.15, -0.1) is 0 Å². The molecule has 0 spiro atoms. The van der Waals surface area contributed by atoms with E-state index in [0.717, 1.165) is 11.5 Å². The fraction of sp³-hybridized carbons (Fsp3) is 0.118. The van der Waals surface area contributed by atoms with Crippen LogP contribution in [0.5, 0.6) is 5.75 Å². The van der Waals surface area contributed by atoms with Gasteiger partial charge in [-0.25, -0.2) is 4.39 Å². The SMILES string of the molecule is CCOc1ccccc1C(=O)Nc1nc(-c2ccc(F)cc2)ns1. The molecule has 1 heterocycles. The molecule has 7 heteroatoms. The largest absolute Gasteiger partial charge is 0.493 e. The number of aromatic nitrogens is 2. The molecule has 1 amide bonds. The van der Waals surface area contributed by atoms with E-state index in [2.05, 4.69) is 14.7 Å². The van der Waals surface area contributed by atoms with Crippen LogP contribution >= 0.6 is 11.5 Å². The van der Waals surface area contributed by atoms with E-state index in [-0.39, 0.29) is 11.7 Å². The van der Waals surface area contributed by atoms with Gasteiger partial charge in [0, 0.05) is 17.1 Å². The number of ether oxygens (including phenoxy) is 1. The number of anilines is 1. The number of hydrogen-bond donors (Lipinski definition) is 1. The number of nitrogens with one attached hydrogen (secondary N) is 1. The van der Waals surface area contributed by atoms with Crippen molar-refractivity contribution in [1.29, 1.82) is 0 Å². The number of halogens is 1. The van der Waals surface area contributed by atoms with Gasteiger partial charge in [0.15, 0.2) is 5.82 Å². The first kappa shape index (κ1) is 16.1. The summed E-state index contributed by atoms with van der Waals surface area (Å²) < 4.78 is 22.6. The lowest BCUT2D eigenvalue weighted by molar-refractivity contribution is 0.102. The predicted octanol–water partition coefficient (Wildman–Crippen LogP) is 4.00. The third-order valence-electron chi connectivity index (χ3n) is 3.18. The highest BCUT2D eigenvalue weighted by atomic mass is 32.1. The second-order valence-electron chi connectivity index (χ2n) is 4.81. The van der Waals surface area contributed by atoms with Gasteiger partial charge in [0.05, 0.1) is 12.2 Å². The predicted molar refractivity (Wildman–Crippen MR) is 90.9 cm³/mol. The van der Waals surface area contributed by atoms with Crippen LogP contribution in [0.25, 0.3) is 11.4 Å². The minimum Gasteiger partial charge on any atom is -0.493 e. The Morgan fingerprint density at radius 1 is 1.21 bits per heavy atom. The van der Waals surface area contributed by atoms with Gasteiger partial charge in [0.25, 0.3) is 5.91 Å². The molecule has 3 aromatic rings. The minimum atomic E-state index is -0.324. The van der Waals surface area contributed by atoms with E-state index in [1.165, 1.54) is 12.1 Å². The summed E-state index contributed by atoms with van der Waals surface area (Å²) in [6, 6.07) is 12.9. The van der Waals surface area contributed by atoms with Crippen molar-refractivity contribution in [2.75, 3.05) is 11.9 Å². The molecule has 5 nitrogen and oxygen atoms in total. The molecule has 0 fully saturated rings. The molecular weight excluding hydrogens is 329 g/mol. The van der Waals surface area contributed by atoms with Crippen LogP contribution in [0.15, 0.2) is 48.5 Å². The molecule has 0 aliphatic rings. The van der Waals surface area contributed by atoms with E-state index in [9.17, 15) is 9.18 Å². The van der Waals surface area contributed by atoms with Crippen LogP contribution in [-0.4, -0.2) is 21.9 Å². The Kier molecular flexibility index (Phi) is 4.81. The molecule has 0 bridgehead atoms. The van der Waals surface area contributed by atoms with Gasteiger partial charge in [-0.3, -0.25) is 10.1 Å². The molecule has 122 valence electrons. The highest BCUT2D eigenvalue weighted by Gasteiger charge is 2.15. The minimum absolute atomic E-state index is 0.319. The first-order valence-electron chi connectivity index (χ1n) is 7.30. The van der Waals surface area contributed by atoms with Gasteiger partial charge in [-0.2, -0.15) is 9.36 Å². The molecule has 24 heavy (non-hydrogen) atoms. The van der Waals surface area contributed by atoms with Crippen molar-refractivity contribution in [2.45, 2.75) is 6.92 Å². The van der Waals surface area contributed by atoms with Crippen LogP contribution in [0.3, 0.4) is 0 Å². The normalized spacial score (nSPS) is 10.4. The van der Waals surface area contributed by atoms with E-state index in [1.54, 1.807) is 36.4 Å². The van der Waals surface area contributed by atoms with Crippen molar-refractivity contribution in [3.63, 3.8) is 0 Å². The van der Waals surface area contributed by atoms with Crippen molar-refractivity contribution in [3.8, 4) is 17.1 Å². The Balaban J connectivity index is 1.77. The van der Waals surface area contributed by atoms with E-state index < -0.39 is 0 Å². The molecular formula is C17H14FN3O2S. The first-order valence-corrected chi connectivity index (χ1v) is 8.07. The molecule has 0 aliphatic heterocycles. The van der Waals surface area contributed by atoms with Crippen LogP contribution in [0.2, 0.25) is 0 Å². The van der Waals surface area contributed by atoms with Crippen molar-refractivity contribution in [2.24, 2.45) is 0 Å². The van der Waals surface area contributed by atoms with Gasteiger partial charge >= 0.3 is 0 Å². The Morgan fingerprint density at radius 3 is 2.71 bits per heavy atom. The fourth-order valence-electron chi connectivity index (χ4n) is 2.09. The lowest BCUT2D eigenvalue weighted by atomic mass is 10.2. The van der Waals surface area contributed by atoms with Crippen molar-refractivity contribution < 1.29 is 13.9 Å². The summed E-state index contributed by atoms with van der Waals surface area (Å²) in [6.45, 7) is 2.33. The molecule has 2 aromatic carbocycles. The van der Waals surface area contributed by atoms with Crippen LogP contribution in [0.1, 0.15) is 17.3 Å². The average Bonchev–Trinajstić information content (AvgIpc) is 3.05. The molecule has 0 unspecified atom stereocenters. The summed E-state index contributed by atoms with van der Waals surface area (Å²) in [6.07, 6.45) is 0. The fourth-order valence-corrected chi connectivity index (χ4v) is 2.68. The van der Waals surface area contributed by atoms with E-state index in [4.69, 9.17) is 4.74 Å². The Bertz CT molecular complexity index is 849. The number of carbonyl (C=O) groups is 1. The first-order chi connectivity index (χ1) is 11.7. The summed E-state index contributed by atoms with van der Waals surface area (Å²) >= 11 is 1.06. The van der Waals surface area contributed by atoms with Crippen molar-refractivity contribution >= 4 is 22.6 Å². The molecule has 1 aromatic heterocycles. The van der Waals surface area contributed by atoms with Crippen LogP contribution in [0, 0.1) is 5.82 Å². The molecule has 1 N–H and O–H groups in total. The second kappa shape index (κ2) is 7.18. The lowest BCUT2D eigenvalue weighted by Gasteiger charge is -2.08. The maximum atomic E-state index is 13.0. The van der Waals surface area contributed by atoms with E-state index in [1.807, 2.05) is 6.92 Å².